The van der Waals surface area contributed by atoms with Crippen LogP contribution in [0.3, 0.4) is 0 Å². The lowest BCUT2D eigenvalue weighted by atomic mass is 10.1. The topological polar surface area (TPSA) is 76.9 Å². The van der Waals surface area contributed by atoms with Crippen molar-refractivity contribution in [3.63, 3.8) is 0 Å². The number of nitrogens with one attached hydrogen (secondary N) is 1. The molecule has 0 saturated heterocycles. The van der Waals surface area contributed by atoms with Crippen LogP contribution in [0.1, 0.15) is 11.1 Å². The minimum absolute atomic E-state index is 0.110. The molecule has 0 aliphatic heterocycles. The van der Waals surface area contributed by atoms with Gasteiger partial charge in [0.2, 0.25) is 16.0 Å². The standard InChI is InChI=1S/C16H13F3N4O2S/c17-16(18,19)14-9-5-4-6-12(14)10-26(24,25)22-15-21-20-11-23(15)13-7-2-1-3-8-13/h1-9,11H,10H2,(H,21,22). The number of halogens is 3. The Morgan fingerprint density at radius 3 is 2.35 bits per heavy atom. The van der Waals surface area contributed by atoms with E-state index in [0.717, 1.165) is 12.1 Å². The largest absolute Gasteiger partial charge is 0.416 e. The molecule has 0 saturated carbocycles. The Balaban J connectivity index is 1.88. The molecule has 26 heavy (non-hydrogen) atoms. The number of anilines is 1. The zero-order valence-corrected chi connectivity index (χ0v) is 14.0. The van der Waals surface area contributed by atoms with Crippen molar-refractivity contribution in [3.05, 3.63) is 72.1 Å². The maximum atomic E-state index is 13.0. The van der Waals surface area contributed by atoms with Crippen molar-refractivity contribution in [2.24, 2.45) is 0 Å². The summed E-state index contributed by atoms with van der Waals surface area (Å²) in [7, 11) is -4.14. The first-order valence-electron chi connectivity index (χ1n) is 7.37. The van der Waals surface area contributed by atoms with Crippen LogP contribution in [-0.4, -0.2) is 23.2 Å². The van der Waals surface area contributed by atoms with Crippen LogP contribution in [0.4, 0.5) is 19.1 Å². The lowest BCUT2D eigenvalue weighted by molar-refractivity contribution is -0.138. The number of aromatic nitrogens is 3. The molecule has 2 aromatic carbocycles. The Labute approximate surface area is 147 Å². The molecule has 6 nitrogen and oxygen atoms in total. The summed E-state index contributed by atoms with van der Waals surface area (Å²) < 4.78 is 67.4. The van der Waals surface area contributed by atoms with Crippen molar-refractivity contribution in [3.8, 4) is 5.69 Å². The fourth-order valence-electron chi connectivity index (χ4n) is 2.38. The van der Waals surface area contributed by atoms with Crippen LogP contribution in [0.25, 0.3) is 5.69 Å². The van der Waals surface area contributed by atoms with Gasteiger partial charge in [0.25, 0.3) is 0 Å². The fraction of sp³-hybridized carbons (Fsp3) is 0.125. The molecular weight excluding hydrogens is 369 g/mol. The van der Waals surface area contributed by atoms with Crippen molar-refractivity contribution in [2.75, 3.05) is 4.72 Å². The minimum atomic E-state index is -4.64. The van der Waals surface area contributed by atoms with E-state index >= 15 is 0 Å². The highest BCUT2D eigenvalue weighted by molar-refractivity contribution is 7.91. The molecule has 136 valence electrons. The van der Waals surface area contributed by atoms with Gasteiger partial charge in [0.15, 0.2) is 0 Å². The molecule has 0 bridgehead atoms. The van der Waals surface area contributed by atoms with Gasteiger partial charge in [-0.15, -0.1) is 10.2 Å². The summed E-state index contributed by atoms with van der Waals surface area (Å²) in [5.74, 6) is -0.953. The predicted octanol–water partition coefficient (Wildman–Crippen LogP) is 3.23. The minimum Gasteiger partial charge on any atom is -0.267 e. The van der Waals surface area contributed by atoms with Crippen molar-refractivity contribution >= 4 is 16.0 Å². The van der Waals surface area contributed by atoms with Gasteiger partial charge in [0, 0.05) is 0 Å². The van der Waals surface area contributed by atoms with Gasteiger partial charge in [-0.05, 0) is 23.8 Å². The number of alkyl halides is 3. The highest BCUT2D eigenvalue weighted by atomic mass is 32.2. The lowest BCUT2D eigenvalue weighted by Crippen LogP contribution is -2.20. The predicted molar refractivity (Wildman–Crippen MR) is 89.0 cm³/mol. The summed E-state index contributed by atoms with van der Waals surface area (Å²) >= 11 is 0. The van der Waals surface area contributed by atoms with E-state index in [9.17, 15) is 21.6 Å². The van der Waals surface area contributed by atoms with Gasteiger partial charge in [-0.3, -0.25) is 9.29 Å². The smallest absolute Gasteiger partial charge is 0.267 e. The third-order valence-electron chi connectivity index (χ3n) is 3.50. The van der Waals surface area contributed by atoms with Crippen LogP contribution in [0, 0.1) is 0 Å². The van der Waals surface area contributed by atoms with Gasteiger partial charge in [0.05, 0.1) is 17.0 Å². The maximum absolute atomic E-state index is 13.0. The highest BCUT2D eigenvalue weighted by Crippen LogP contribution is 2.32. The van der Waals surface area contributed by atoms with E-state index in [1.807, 2.05) is 0 Å². The molecule has 0 fully saturated rings. The van der Waals surface area contributed by atoms with Crippen molar-refractivity contribution in [1.29, 1.82) is 0 Å². The third-order valence-corrected chi connectivity index (χ3v) is 4.68. The zero-order chi connectivity index (χ0) is 18.8. The summed E-state index contributed by atoms with van der Waals surface area (Å²) in [6, 6.07) is 13.2. The zero-order valence-electron chi connectivity index (χ0n) is 13.2. The number of nitrogens with zero attached hydrogens (tertiary/aromatic N) is 3. The molecule has 0 radical (unpaired) electrons. The second-order valence-electron chi connectivity index (χ2n) is 5.38. The van der Waals surface area contributed by atoms with Crippen LogP contribution < -0.4 is 4.72 Å². The van der Waals surface area contributed by atoms with E-state index in [0.29, 0.717) is 5.69 Å². The Kier molecular flexibility index (Phi) is 4.68. The second kappa shape index (κ2) is 6.79. The first-order valence-corrected chi connectivity index (χ1v) is 9.02. The van der Waals surface area contributed by atoms with Gasteiger partial charge in [-0.25, -0.2) is 8.42 Å². The van der Waals surface area contributed by atoms with E-state index in [1.54, 1.807) is 30.3 Å². The van der Waals surface area contributed by atoms with Crippen molar-refractivity contribution < 1.29 is 21.6 Å². The average molecular weight is 382 g/mol. The van der Waals surface area contributed by atoms with Gasteiger partial charge in [0.1, 0.15) is 6.33 Å². The van der Waals surface area contributed by atoms with Gasteiger partial charge < -0.3 is 0 Å². The maximum Gasteiger partial charge on any atom is 0.416 e. The Bertz CT molecular complexity index is 1000. The molecule has 3 rings (SSSR count). The first kappa shape index (κ1) is 17.9. The number of sulfonamides is 1. The third kappa shape index (κ3) is 4.02. The SMILES string of the molecule is O=S(=O)(Cc1ccccc1C(F)(F)F)Nc1nncn1-c1ccccc1. The quantitative estimate of drug-likeness (QED) is 0.735. The Morgan fingerprint density at radius 1 is 1.00 bits per heavy atom. The first-order chi connectivity index (χ1) is 12.3. The number of rotatable bonds is 5. The normalized spacial score (nSPS) is 12.1. The summed E-state index contributed by atoms with van der Waals surface area (Å²) in [6.45, 7) is 0. The Morgan fingerprint density at radius 2 is 1.65 bits per heavy atom. The summed E-state index contributed by atoms with van der Waals surface area (Å²) in [4.78, 5) is 0. The van der Waals surface area contributed by atoms with Crippen molar-refractivity contribution in [1.82, 2.24) is 14.8 Å². The van der Waals surface area contributed by atoms with Gasteiger partial charge in [-0.2, -0.15) is 13.2 Å². The van der Waals surface area contributed by atoms with E-state index in [1.165, 1.54) is 23.0 Å². The van der Waals surface area contributed by atoms with Gasteiger partial charge in [-0.1, -0.05) is 36.4 Å². The molecule has 0 aliphatic carbocycles. The molecule has 3 aromatic rings. The molecule has 10 heteroatoms. The van der Waals surface area contributed by atoms with Crippen LogP contribution in [0.5, 0.6) is 0 Å². The summed E-state index contributed by atoms with van der Waals surface area (Å²) in [5.41, 5.74) is -0.737. The highest BCUT2D eigenvalue weighted by Gasteiger charge is 2.34. The van der Waals surface area contributed by atoms with E-state index < -0.39 is 27.5 Å². The molecule has 1 heterocycles. The molecule has 0 unspecified atom stereocenters. The van der Waals surface area contributed by atoms with Crippen LogP contribution >= 0.6 is 0 Å². The summed E-state index contributed by atoms with van der Waals surface area (Å²) in [6.07, 6.45) is -3.34. The number of hydrogen-bond donors (Lipinski definition) is 1. The molecule has 1 N–H and O–H groups in total. The molecule has 1 aromatic heterocycles. The number of benzene rings is 2. The van der Waals surface area contributed by atoms with Crippen molar-refractivity contribution in [2.45, 2.75) is 11.9 Å². The molecular formula is C16H13F3N4O2S. The van der Waals surface area contributed by atoms with Crippen LogP contribution in [0.15, 0.2) is 60.9 Å². The summed E-state index contributed by atoms with van der Waals surface area (Å²) in [5, 5.41) is 7.34. The number of para-hydroxylation sites is 1. The monoisotopic (exact) mass is 382 g/mol. The van der Waals surface area contributed by atoms with E-state index in [-0.39, 0.29) is 11.5 Å². The Hall–Kier alpha value is -2.88. The molecule has 0 amide bonds. The van der Waals surface area contributed by atoms with Crippen LogP contribution in [-0.2, 0) is 22.0 Å². The average Bonchev–Trinajstić information content (AvgIpc) is 3.02. The van der Waals surface area contributed by atoms with E-state index in [2.05, 4.69) is 14.9 Å². The molecule has 0 aliphatic rings. The van der Waals surface area contributed by atoms with Crippen LogP contribution in [0.2, 0.25) is 0 Å². The lowest BCUT2D eigenvalue weighted by Gasteiger charge is -2.14. The fourth-order valence-corrected chi connectivity index (χ4v) is 3.54. The molecule has 0 atom stereocenters. The van der Waals surface area contributed by atoms with E-state index in [4.69, 9.17) is 0 Å². The van der Waals surface area contributed by atoms with Gasteiger partial charge >= 0.3 is 6.18 Å². The molecule has 0 spiro atoms. The second-order valence-corrected chi connectivity index (χ2v) is 7.10. The number of hydrogen-bond acceptors (Lipinski definition) is 4.